The maximum absolute atomic E-state index is 5.35. The first kappa shape index (κ1) is 8.79. The van der Waals surface area contributed by atoms with Gasteiger partial charge in [-0.2, -0.15) is 5.10 Å². The molecule has 0 saturated heterocycles. The van der Waals surface area contributed by atoms with Gasteiger partial charge in [0.25, 0.3) is 0 Å². The van der Waals surface area contributed by atoms with Crippen molar-refractivity contribution < 1.29 is 0 Å². The van der Waals surface area contributed by atoms with Crippen LogP contribution in [0, 0.1) is 11.8 Å². The molecule has 0 aliphatic rings. The molecular weight excluding hydrogens is 174 g/mol. The number of nitrogens with one attached hydrogen (secondary N) is 1. The van der Waals surface area contributed by atoms with Crippen LogP contribution >= 0.6 is 0 Å². The Kier molecular flexibility index (Phi) is 2.48. The van der Waals surface area contributed by atoms with Crippen LogP contribution in [0.4, 0.5) is 0 Å². The van der Waals surface area contributed by atoms with Gasteiger partial charge in [-0.1, -0.05) is 11.8 Å². The summed E-state index contributed by atoms with van der Waals surface area (Å²) in [5, 5.41) is 7.93. The first-order chi connectivity index (χ1) is 6.90. The fourth-order valence-corrected chi connectivity index (χ4v) is 1.26. The molecule has 0 spiro atoms. The first-order valence-corrected chi connectivity index (χ1v) is 4.52. The molecule has 2 rings (SSSR count). The second-order valence-corrected chi connectivity index (χ2v) is 3.01. The van der Waals surface area contributed by atoms with E-state index < -0.39 is 0 Å². The predicted octanol–water partition coefficient (Wildman–Crippen LogP) is 1.26. The Balaban J connectivity index is 2.31. The number of aromatic amines is 1. The van der Waals surface area contributed by atoms with Crippen LogP contribution in [0.5, 0.6) is 0 Å². The van der Waals surface area contributed by atoms with Crippen LogP contribution in [-0.4, -0.2) is 16.7 Å². The highest BCUT2D eigenvalue weighted by Gasteiger charge is 1.94. The van der Waals surface area contributed by atoms with Gasteiger partial charge < -0.3 is 5.73 Å². The van der Waals surface area contributed by atoms with E-state index in [-0.39, 0.29) is 0 Å². The highest BCUT2D eigenvalue weighted by Crippen LogP contribution is 2.11. The highest BCUT2D eigenvalue weighted by atomic mass is 15.1. The lowest BCUT2D eigenvalue weighted by Crippen LogP contribution is -1.95. The Morgan fingerprint density at radius 2 is 2.36 bits per heavy atom. The number of aromatic nitrogens is 2. The zero-order valence-electron chi connectivity index (χ0n) is 7.75. The van der Waals surface area contributed by atoms with E-state index in [1.165, 1.54) is 0 Å². The van der Waals surface area contributed by atoms with Crippen LogP contribution in [0.3, 0.4) is 0 Å². The Labute approximate surface area is 82.3 Å². The monoisotopic (exact) mass is 185 g/mol. The molecule has 0 bridgehead atoms. The molecule has 3 heteroatoms. The van der Waals surface area contributed by atoms with Gasteiger partial charge in [-0.25, -0.2) is 0 Å². The van der Waals surface area contributed by atoms with Gasteiger partial charge >= 0.3 is 0 Å². The fourth-order valence-electron chi connectivity index (χ4n) is 1.26. The Hall–Kier alpha value is -1.79. The molecule has 1 aromatic heterocycles. The molecule has 0 amide bonds. The number of hydrogen-bond donors (Lipinski definition) is 2. The highest BCUT2D eigenvalue weighted by molar-refractivity contribution is 5.79. The molecule has 0 unspecified atom stereocenters. The molecule has 3 nitrogen and oxygen atoms in total. The van der Waals surface area contributed by atoms with E-state index >= 15 is 0 Å². The van der Waals surface area contributed by atoms with Gasteiger partial charge in [0.2, 0.25) is 0 Å². The predicted molar refractivity (Wildman–Crippen MR) is 56.6 cm³/mol. The fraction of sp³-hybridized carbons (Fsp3) is 0.182. The minimum atomic E-state index is 0.612. The first-order valence-electron chi connectivity index (χ1n) is 4.52. The average molecular weight is 185 g/mol. The lowest BCUT2D eigenvalue weighted by molar-refractivity contribution is 1.03. The van der Waals surface area contributed by atoms with Gasteiger partial charge in [0.15, 0.2) is 0 Å². The second-order valence-electron chi connectivity index (χ2n) is 3.01. The summed E-state index contributed by atoms with van der Waals surface area (Å²) in [6, 6.07) is 5.97. The molecule has 0 atom stereocenters. The van der Waals surface area contributed by atoms with Gasteiger partial charge in [-0.15, -0.1) is 0 Å². The lowest BCUT2D eigenvalue weighted by Gasteiger charge is -1.90. The van der Waals surface area contributed by atoms with Crippen molar-refractivity contribution in [1.29, 1.82) is 0 Å². The molecule has 14 heavy (non-hydrogen) atoms. The van der Waals surface area contributed by atoms with Crippen molar-refractivity contribution in [3.63, 3.8) is 0 Å². The van der Waals surface area contributed by atoms with Crippen molar-refractivity contribution in [2.75, 3.05) is 6.54 Å². The van der Waals surface area contributed by atoms with Crippen molar-refractivity contribution in [2.24, 2.45) is 5.73 Å². The molecule has 1 aromatic carbocycles. The smallest absolute Gasteiger partial charge is 0.0651 e. The van der Waals surface area contributed by atoms with E-state index in [1.54, 1.807) is 6.20 Å². The van der Waals surface area contributed by atoms with Crippen molar-refractivity contribution in [3.8, 4) is 11.8 Å². The van der Waals surface area contributed by atoms with E-state index in [9.17, 15) is 0 Å². The topological polar surface area (TPSA) is 54.7 Å². The van der Waals surface area contributed by atoms with Gasteiger partial charge in [0, 0.05) is 23.9 Å². The molecular formula is C11H11N3. The minimum absolute atomic E-state index is 0.612. The Morgan fingerprint density at radius 1 is 1.43 bits per heavy atom. The number of fused-ring (bicyclic) bond motifs is 1. The molecule has 70 valence electrons. The van der Waals surface area contributed by atoms with Crippen LogP contribution in [-0.2, 0) is 0 Å². The Bertz CT molecular complexity index is 488. The van der Waals surface area contributed by atoms with Crippen LogP contribution < -0.4 is 5.73 Å². The molecule has 0 aliphatic heterocycles. The number of hydrogen-bond acceptors (Lipinski definition) is 2. The van der Waals surface area contributed by atoms with Gasteiger partial charge in [0.05, 0.1) is 11.7 Å². The largest absolute Gasteiger partial charge is 0.330 e. The summed E-state index contributed by atoms with van der Waals surface area (Å²) in [5.41, 5.74) is 7.39. The normalized spacial score (nSPS) is 9.79. The van der Waals surface area contributed by atoms with Crippen molar-refractivity contribution in [1.82, 2.24) is 10.2 Å². The molecule has 0 aliphatic carbocycles. The standard InChI is InChI=1S/C11H11N3/c12-6-2-1-3-9-4-5-11-10(7-9)8-13-14-11/h4-5,7-8H,2,6,12H2,(H,13,14). The van der Waals surface area contributed by atoms with E-state index in [0.29, 0.717) is 6.54 Å². The number of rotatable bonds is 1. The number of H-pyrrole nitrogens is 1. The second kappa shape index (κ2) is 3.95. The summed E-state index contributed by atoms with van der Waals surface area (Å²) in [5.74, 6) is 6.06. The zero-order valence-corrected chi connectivity index (χ0v) is 7.75. The molecule has 0 fully saturated rings. The maximum Gasteiger partial charge on any atom is 0.0651 e. The summed E-state index contributed by atoms with van der Waals surface area (Å²) in [7, 11) is 0. The summed E-state index contributed by atoms with van der Waals surface area (Å²) in [4.78, 5) is 0. The van der Waals surface area contributed by atoms with Crippen molar-refractivity contribution in [2.45, 2.75) is 6.42 Å². The quantitative estimate of drug-likeness (QED) is 0.657. The summed E-state index contributed by atoms with van der Waals surface area (Å²) < 4.78 is 0. The number of benzene rings is 1. The molecule has 2 aromatic rings. The summed E-state index contributed by atoms with van der Waals surface area (Å²) in [6.07, 6.45) is 2.53. The van der Waals surface area contributed by atoms with E-state index in [4.69, 9.17) is 5.73 Å². The molecule has 3 N–H and O–H groups in total. The van der Waals surface area contributed by atoms with Crippen LogP contribution in [0.1, 0.15) is 12.0 Å². The van der Waals surface area contributed by atoms with E-state index in [0.717, 1.165) is 22.9 Å². The third-order valence-corrected chi connectivity index (χ3v) is 1.94. The third-order valence-electron chi connectivity index (χ3n) is 1.94. The molecule has 1 heterocycles. The number of nitrogens with two attached hydrogens (primary N) is 1. The van der Waals surface area contributed by atoms with Crippen LogP contribution in [0.15, 0.2) is 24.4 Å². The lowest BCUT2D eigenvalue weighted by atomic mass is 10.1. The van der Waals surface area contributed by atoms with Crippen LogP contribution in [0.25, 0.3) is 10.9 Å². The zero-order chi connectivity index (χ0) is 9.80. The summed E-state index contributed by atoms with van der Waals surface area (Å²) in [6.45, 7) is 0.612. The van der Waals surface area contributed by atoms with Gasteiger partial charge in [-0.3, -0.25) is 5.10 Å². The SMILES string of the molecule is NCCC#Cc1ccc2[nH]ncc2c1. The number of nitrogens with zero attached hydrogens (tertiary/aromatic N) is 1. The molecule has 0 radical (unpaired) electrons. The molecule has 0 saturated carbocycles. The maximum atomic E-state index is 5.35. The third kappa shape index (κ3) is 1.76. The minimum Gasteiger partial charge on any atom is -0.330 e. The van der Waals surface area contributed by atoms with E-state index in [2.05, 4.69) is 22.0 Å². The van der Waals surface area contributed by atoms with Gasteiger partial charge in [0.1, 0.15) is 0 Å². The van der Waals surface area contributed by atoms with Crippen molar-refractivity contribution >= 4 is 10.9 Å². The van der Waals surface area contributed by atoms with Gasteiger partial charge in [-0.05, 0) is 18.2 Å². The van der Waals surface area contributed by atoms with Crippen LogP contribution in [0.2, 0.25) is 0 Å². The summed E-state index contributed by atoms with van der Waals surface area (Å²) >= 11 is 0. The van der Waals surface area contributed by atoms with Crippen molar-refractivity contribution in [3.05, 3.63) is 30.0 Å². The van der Waals surface area contributed by atoms with E-state index in [1.807, 2.05) is 18.2 Å². The Morgan fingerprint density at radius 3 is 3.21 bits per heavy atom. The average Bonchev–Trinajstić information content (AvgIpc) is 2.65.